The largest absolute Gasteiger partial charge is 0.293 e. The lowest BCUT2D eigenvalue weighted by atomic mass is 10.1. The molecule has 0 spiro atoms. The second-order valence-corrected chi connectivity index (χ2v) is 6.29. The maximum atomic E-state index is 12.4. The summed E-state index contributed by atoms with van der Waals surface area (Å²) in [5.74, 6) is 0.148. The molecular weight excluding hydrogens is 268 g/mol. The highest BCUT2D eigenvalue weighted by Gasteiger charge is 2.15. The third kappa shape index (κ3) is 2.16. The highest BCUT2D eigenvalue weighted by atomic mass is 32.1. The fraction of sp³-hybridized carbons (Fsp3) is 0.250. The van der Waals surface area contributed by atoms with Crippen molar-refractivity contribution in [1.29, 1.82) is 0 Å². The van der Waals surface area contributed by atoms with Crippen LogP contribution in [0, 0.1) is 13.8 Å². The summed E-state index contributed by atoms with van der Waals surface area (Å²) in [4.78, 5) is 14.4. The van der Waals surface area contributed by atoms with Crippen molar-refractivity contribution in [2.45, 2.75) is 20.3 Å². The van der Waals surface area contributed by atoms with Crippen molar-refractivity contribution in [3.8, 4) is 0 Å². The summed E-state index contributed by atoms with van der Waals surface area (Å²) in [5.41, 5.74) is 3.11. The number of hydrogen-bond donors (Lipinski definition) is 0. The van der Waals surface area contributed by atoms with Crippen molar-refractivity contribution in [2.75, 3.05) is 0 Å². The molecule has 0 amide bonds. The predicted molar refractivity (Wildman–Crippen MR) is 82.5 cm³/mol. The number of rotatable bonds is 3. The van der Waals surface area contributed by atoms with Crippen LogP contribution in [0.25, 0.3) is 10.9 Å². The standard InChI is InChI=1S/C16H16N2OS/c1-10-8-16(20-11(10)2)15(19)9-13-12-6-4-5-7-14(12)18(3)17-13/h4-8H,9H2,1-3H3. The van der Waals surface area contributed by atoms with Gasteiger partial charge in [0.1, 0.15) is 0 Å². The Labute approximate surface area is 121 Å². The Morgan fingerprint density at radius 1 is 1.30 bits per heavy atom. The van der Waals surface area contributed by atoms with Gasteiger partial charge in [-0.25, -0.2) is 0 Å². The Morgan fingerprint density at radius 3 is 2.75 bits per heavy atom. The zero-order chi connectivity index (χ0) is 14.3. The van der Waals surface area contributed by atoms with E-state index in [0.717, 1.165) is 21.5 Å². The maximum absolute atomic E-state index is 12.4. The molecule has 1 aromatic carbocycles. The molecule has 2 heterocycles. The topological polar surface area (TPSA) is 34.9 Å². The maximum Gasteiger partial charge on any atom is 0.178 e. The van der Waals surface area contributed by atoms with Crippen LogP contribution in [0.5, 0.6) is 0 Å². The molecule has 4 heteroatoms. The van der Waals surface area contributed by atoms with Gasteiger partial charge in [0.25, 0.3) is 0 Å². The van der Waals surface area contributed by atoms with Gasteiger partial charge in [-0.2, -0.15) is 5.10 Å². The Morgan fingerprint density at radius 2 is 2.05 bits per heavy atom. The molecule has 20 heavy (non-hydrogen) atoms. The zero-order valence-electron chi connectivity index (χ0n) is 11.8. The molecule has 0 unspecified atom stereocenters. The van der Waals surface area contributed by atoms with Crippen LogP contribution in [0.1, 0.15) is 25.8 Å². The molecule has 0 radical (unpaired) electrons. The summed E-state index contributed by atoms with van der Waals surface area (Å²) in [6, 6.07) is 10.00. The van der Waals surface area contributed by atoms with Crippen LogP contribution in [0.4, 0.5) is 0 Å². The van der Waals surface area contributed by atoms with Crippen molar-refractivity contribution in [3.63, 3.8) is 0 Å². The first-order valence-electron chi connectivity index (χ1n) is 6.57. The lowest BCUT2D eigenvalue weighted by Crippen LogP contribution is -2.03. The smallest absolute Gasteiger partial charge is 0.178 e. The van der Waals surface area contributed by atoms with E-state index in [1.165, 1.54) is 10.4 Å². The van der Waals surface area contributed by atoms with Crippen molar-refractivity contribution in [3.05, 3.63) is 51.3 Å². The number of benzene rings is 1. The van der Waals surface area contributed by atoms with Crippen LogP contribution in [0.15, 0.2) is 30.3 Å². The fourth-order valence-corrected chi connectivity index (χ4v) is 3.34. The normalized spacial score (nSPS) is 11.2. The van der Waals surface area contributed by atoms with Crippen LogP contribution in [0.2, 0.25) is 0 Å². The molecular formula is C16H16N2OS. The van der Waals surface area contributed by atoms with Gasteiger partial charge >= 0.3 is 0 Å². The molecule has 0 aliphatic heterocycles. The number of para-hydroxylation sites is 1. The van der Waals surface area contributed by atoms with Gasteiger partial charge in [-0.15, -0.1) is 11.3 Å². The third-order valence-electron chi connectivity index (χ3n) is 3.60. The minimum atomic E-state index is 0.148. The molecule has 2 aromatic heterocycles. The molecule has 0 aliphatic rings. The van der Waals surface area contributed by atoms with E-state index in [0.29, 0.717) is 6.42 Å². The lowest BCUT2D eigenvalue weighted by Gasteiger charge is -1.95. The number of hydrogen-bond acceptors (Lipinski definition) is 3. The fourth-order valence-electron chi connectivity index (χ4n) is 2.37. The first-order valence-corrected chi connectivity index (χ1v) is 7.39. The first kappa shape index (κ1) is 13.1. The van der Waals surface area contributed by atoms with E-state index in [-0.39, 0.29) is 5.78 Å². The SMILES string of the molecule is Cc1cc(C(=O)Cc2nn(C)c3ccccc23)sc1C. The zero-order valence-corrected chi connectivity index (χ0v) is 12.6. The molecule has 3 nitrogen and oxygen atoms in total. The second kappa shape index (κ2) is 4.87. The van der Waals surface area contributed by atoms with Crippen LogP contribution >= 0.6 is 11.3 Å². The van der Waals surface area contributed by atoms with Crippen molar-refractivity contribution >= 4 is 28.0 Å². The van der Waals surface area contributed by atoms with Crippen LogP contribution < -0.4 is 0 Å². The van der Waals surface area contributed by atoms with Crippen LogP contribution in [-0.2, 0) is 13.5 Å². The molecule has 0 aliphatic carbocycles. The number of carbonyl (C=O) groups excluding carboxylic acids is 1. The van der Waals surface area contributed by atoms with E-state index >= 15 is 0 Å². The molecule has 0 atom stereocenters. The average Bonchev–Trinajstić information content (AvgIpc) is 2.92. The minimum absolute atomic E-state index is 0.148. The van der Waals surface area contributed by atoms with Gasteiger partial charge in [0.15, 0.2) is 5.78 Å². The quantitative estimate of drug-likeness (QED) is 0.688. The molecule has 0 saturated carbocycles. The molecule has 3 rings (SSSR count). The molecule has 3 aromatic rings. The number of aryl methyl sites for hydroxylation is 3. The van der Waals surface area contributed by atoms with E-state index in [1.807, 2.05) is 55.9 Å². The van der Waals surface area contributed by atoms with Crippen molar-refractivity contribution < 1.29 is 4.79 Å². The lowest BCUT2D eigenvalue weighted by molar-refractivity contribution is 0.0996. The molecule has 0 N–H and O–H groups in total. The van der Waals surface area contributed by atoms with E-state index in [2.05, 4.69) is 5.10 Å². The average molecular weight is 284 g/mol. The summed E-state index contributed by atoms with van der Waals surface area (Å²) >= 11 is 1.57. The number of aromatic nitrogens is 2. The Kier molecular flexibility index (Phi) is 3.18. The monoisotopic (exact) mass is 284 g/mol. The van der Waals surface area contributed by atoms with Gasteiger partial charge < -0.3 is 0 Å². The van der Waals surface area contributed by atoms with Crippen molar-refractivity contribution in [1.82, 2.24) is 9.78 Å². The highest BCUT2D eigenvalue weighted by molar-refractivity contribution is 7.14. The number of Topliss-reactive ketones (excluding diaryl/α,β-unsaturated/α-hetero) is 1. The predicted octanol–water partition coefficient (Wildman–Crippen LogP) is 3.68. The van der Waals surface area contributed by atoms with Gasteiger partial charge in [-0.05, 0) is 31.5 Å². The van der Waals surface area contributed by atoms with E-state index in [4.69, 9.17) is 0 Å². The summed E-state index contributed by atoms with van der Waals surface area (Å²) in [7, 11) is 1.91. The van der Waals surface area contributed by atoms with E-state index < -0.39 is 0 Å². The van der Waals surface area contributed by atoms with Crippen LogP contribution in [0.3, 0.4) is 0 Å². The molecule has 0 bridgehead atoms. The number of fused-ring (bicyclic) bond motifs is 1. The van der Waals surface area contributed by atoms with E-state index in [1.54, 1.807) is 11.3 Å². The van der Waals surface area contributed by atoms with Crippen molar-refractivity contribution in [2.24, 2.45) is 7.05 Å². The molecule has 0 saturated heterocycles. The van der Waals surface area contributed by atoms with Crippen LogP contribution in [-0.4, -0.2) is 15.6 Å². The summed E-state index contributed by atoms with van der Waals surface area (Å²) in [6.45, 7) is 4.09. The van der Waals surface area contributed by atoms with Gasteiger partial charge in [-0.1, -0.05) is 18.2 Å². The first-order chi connectivity index (χ1) is 9.56. The second-order valence-electron chi connectivity index (χ2n) is 5.04. The Hall–Kier alpha value is -1.94. The molecule has 102 valence electrons. The third-order valence-corrected chi connectivity index (χ3v) is 4.80. The van der Waals surface area contributed by atoms with Gasteiger partial charge in [0.05, 0.1) is 22.5 Å². The van der Waals surface area contributed by atoms with Gasteiger partial charge in [0, 0.05) is 17.3 Å². The number of thiophene rings is 1. The van der Waals surface area contributed by atoms with E-state index in [9.17, 15) is 4.79 Å². The Balaban J connectivity index is 1.95. The minimum Gasteiger partial charge on any atom is -0.293 e. The van der Waals surface area contributed by atoms with Gasteiger partial charge in [0.2, 0.25) is 0 Å². The highest BCUT2D eigenvalue weighted by Crippen LogP contribution is 2.24. The summed E-state index contributed by atoms with van der Waals surface area (Å²) < 4.78 is 1.84. The number of carbonyl (C=O) groups is 1. The Bertz CT molecular complexity index is 779. The number of ketones is 1. The molecule has 0 fully saturated rings. The summed E-state index contributed by atoms with van der Waals surface area (Å²) in [5, 5.41) is 5.55. The van der Waals surface area contributed by atoms with Gasteiger partial charge in [-0.3, -0.25) is 9.48 Å². The summed E-state index contributed by atoms with van der Waals surface area (Å²) in [6.07, 6.45) is 0.362. The number of nitrogens with zero attached hydrogens (tertiary/aromatic N) is 2.